The summed E-state index contributed by atoms with van der Waals surface area (Å²) in [5.41, 5.74) is 3.87. The normalized spacial score (nSPS) is 16.5. The van der Waals surface area contributed by atoms with Crippen LogP contribution < -0.4 is 10.7 Å². The monoisotopic (exact) mass is 352 g/mol. The van der Waals surface area contributed by atoms with Crippen LogP contribution in [0.4, 0.5) is 5.88 Å². The SMILES string of the molecule is Cc1ccc2c(=O)cc(C(=O)Nc3onc4c3CC(C)CC4)oc2c1C. The molecule has 4 rings (SSSR count). The van der Waals surface area contributed by atoms with Gasteiger partial charge < -0.3 is 8.94 Å². The van der Waals surface area contributed by atoms with Gasteiger partial charge in [0, 0.05) is 11.6 Å². The van der Waals surface area contributed by atoms with Gasteiger partial charge in [0.1, 0.15) is 5.58 Å². The Hall–Kier alpha value is -2.89. The number of rotatable bonds is 2. The second-order valence-electron chi connectivity index (χ2n) is 7.10. The van der Waals surface area contributed by atoms with Crippen molar-refractivity contribution in [3.8, 4) is 0 Å². The summed E-state index contributed by atoms with van der Waals surface area (Å²) in [6.07, 6.45) is 2.72. The van der Waals surface area contributed by atoms with Crippen molar-refractivity contribution in [2.24, 2.45) is 5.92 Å². The Morgan fingerprint density at radius 2 is 2.12 bits per heavy atom. The molecule has 0 spiro atoms. The van der Waals surface area contributed by atoms with Crippen LogP contribution in [0.3, 0.4) is 0 Å². The number of amides is 1. The zero-order chi connectivity index (χ0) is 18.4. The molecule has 0 aliphatic heterocycles. The lowest BCUT2D eigenvalue weighted by atomic mass is 9.89. The Bertz CT molecular complexity index is 1080. The average Bonchev–Trinajstić information content (AvgIpc) is 3.00. The van der Waals surface area contributed by atoms with Crippen LogP contribution in [0.15, 0.2) is 31.9 Å². The number of hydrogen-bond donors (Lipinski definition) is 1. The standard InChI is InChI=1S/C20H20N2O4/c1-10-4-7-15-14(8-10)20(26-22-15)21-19(24)17-9-16(23)13-6-5-11(2)12(3)18(13)25-17/h5-6,9-10H,4,7-8H2,1-3H3,(H,21,24). The van der Waals surface area contributed by atoms with Gasteiger partial charge in [0.25, 0.3) is 5.91 Å². The van der Waals surface area contributed by atoms with Crippen molar-refractivity contribution in [1.29, 1.82) is 0 Å². The lowest BCUT2D eigenvalue weighted by molar-refractivity contribution is 0.0994. The van der Waals surface area contributed by atoms with Crippen LogP contribution >= 0.6 is 0 Å². The average molecular weight is 352 g/mol. The third-order valence-corrected chi connectivity index (χ3v) is 5.16. The van der Waals surface area contributed by atoms with Crippen LogP contribution in [0, 0.1) is 19.8 Å². The zero-order valence-corrected chi connectivity index (χ0v) is 15.0. The number of hydrogen-bond acceptors (Lipinski definition) is 5. The number of benzene rings is 1. The van der Waals surface area contributed by atoms with E-state index in [0.717, 1.165) is 41.6 Å². The Labute approximate surface area is 150 Å². The molecule has 26 heavy (non-hydrogen) atoms. The van der Waals surface area contributed by atoms with Crippen molar-refractivity contribution in [3.05, 3.63) is 56.6 Å². The van der Waals surface area contributed by atoms with Crippen LogP contribution in [0.2, 0.25) is 0 Å². The number of carbonyl (C=O) groups is 1. The van der Waals surface area contributed by atoms with Crippen molar-refractivity contribution in [3.63, 3.8) is 0 Å². The van der Waals surface area contributed by atoms with E-state index in [9.17, 15) is 9.59 Å². The largest absolute Gasteiger partial charge is 0.450 e. The van der Waals surface area contributed by atoms with E-state index in [1.165, 1.54) is 6.07 Å². The second-order valence-corrected chi connectivity index (χ2v) is 7.10. The molecule has 2 heterocycles. The highest BCUT2D eigenvalue weighted by Crippen LogP contribution is 2.31. The summed E-state index contributed by atoms with van der Waals surface area (Å²) in [6, 6.07) is 4.81. The molecule has 1 unspecified atom stereocenters. The smallest absolute Gasteiger partial charge is 0.293 e. The van der Waals surface area contributed by atoms with Gasteiger partial charge in [-0.05, 0) is 56.2 Å². The van der Waals surface area contributed by atoms with E-state index in [2.05, 4.69) is 17.4 Å². The molecule has 1 N–H and O–H groups in total. The van der Waals surface area contributed by atoms with Crippen LogP contribution in [-0.4, -0.2) is 11.1 Å². The first kappa shape index (κ1) is 16.6. The van der Waals surface area contributed by atoms with Crippen molar-refractivity contribution in [2.75, 3.05) is 5.32 Å². The van der Waals surface area contributed by atoms with E-state index < -0.39 is 5.91 Å². The lowest BCUT2D eigenvalue weighted by Gasteiger charge is -2.16. The minimum absolute atomic E-state index is 0.0368. The third kappa shape index (κ3) is 2.71. The van der Waals surface area contributed by atoms with Gasteiger partial charge in [0.15, 0.2) is 11.2 Å². The van der Waals surface area contributed by atoms with E-state index in [0.29, 0.717) is 22.8 Å². The molecule has 0 saturated heterocycles. The number of nitrogens with one attached hydrogen (secondary N) is 1. The topological polar surface area (TPSA) is 85.3 Å². The first-order chi connectivity index (χ1) is 12.4. The summed E-state index contributed by atoms with van der Waals surface area (Å²) < 4.78 is 11.1. The van der Waals surface area contributed by atoms with Gasteiger partial charge in [-0.2, -0.15) is 0 Å². The van der Waals surface area contributed by atoms with Crippen LogP contribution in [0.25, 0.3) is 11.0 Å². The highest BCUT2D eigenvalue weighted by atomic mass is 16.5. The molecule has 0 bridgehead atoms. The van der Waals surface area contributed by atoms with Gasteiger partial charge in [-0.25, -0.2) is 0 Å². The van der Waals surface area contributed by atoms with Crippen molar-refractivity contribution < 1.29 is 13.7 Å². The molecule has 1 aromatic carbocycles. The minimum Gasteiger partial charge on any atom is -0.450 e. The summed E-state index contributed by atoms with van der Waals surface area (Å²) in [5, 5.41) is 7.23. The van der Waals surface area contributed by atoms with Crippen molar-refractivity contribution in [2.45, 2.75) is 40.0 Å². The molecule has 0 radical (unpaired) electrons. The maximum absolute atomic E-state index is 12.6. The van der Waals surface area contributed by atoms with E-state index in [1.54, 1.807) is 6.07 Å². The number of carbonyl (C=O) groups excluding carboxylic acids is 1. The maximum Gasteiger partial charge on any atom is 0.293 e. The third-order valence-electron chi connectivity index (χ3n) is 5.16. The second kappa shape index (κ2) is 6.12. The molecule has 1 atom stereocenters. The Kier molecular flexibility index (Phi) is 3.90. The number of nitrogens with zero attached hydrogens (tertiary/aromatic N) is 1. The quantitative estimate of drug-likeness (QED) is 0.759. The summed E-state index contributed by atoms with van der Waals surface area (Å²) in [6.45, 7) is 5.97. The first-order valence-electron chi connectivity index (χ1n) is 8.77. The molecule has 0 saturated carbocycles. The predicted octanol–water partition coefficient (Wildman–Crippen LogP) is 3.77. The number of aromatic nitrogens is 1. The number of fused-ring (bicyclic) bond motifs is 2. The molecule has 1 aliphatic rings. The minimum atomic E-state index is -0.512. The Morgan fingerprint density at radius 3 is 2.92 bits per heavy atom. The fraction of sp³-hybridized carbons (Fsp3) is 0.350. The first-order valence-corrected chi connectivity index (χ1v) is 8.77. The van der Waals surface area contributed by atoms with Crippen LogP contribution in [0.5, 0.6) is 0 Å². The molecule has 0 fully saturated rings. The van der Waals surface area contributed by atoms with E-state index >= 15 is 0 Å². The van der Waals surface area contributed by atoms with E-state index in [-0.39, 0.29) is 11.2 Å². The molecule has 2 aromatic heterocycles. The molecule has 1 amide bonds. The molecule has 6 heteroatoms. The van der Waals surface area contributed by atoms with Crippen molar-refractivity contribution in [1.82, 2.24) is 5.16 Å². The Morgan fingerprint density at radius 1 is 1.31 bits per heavy atom. The summed E-state index contributed by atoms with van der Waals surface area (Å²) >= 11 is 0. The molecule has 6 nitrogen and oxygen atoms in total. The molecule has 3 aromatic rings. The summed E-state index contributed by atoms with van der Waals surface area (Å²) in [4.78, 5) is 25.0. The molecular formula is C20H20N2O4. The van der Waals surface area contributed by atoms with Gasteiger partial charge >= 0.3 is 0 Å². The van der Waals surface area contributed by atoms with Crippen LogP contribution in [0.1, 0.15) is 46.3 Å². The van der Waals surface area contributed by atoms with E-state index in [1.807, 2.05) is 19.9 Å². The summed E-state index contributed by atoms with van der Waals surface area (Å²) in [5.74, 6) is 0.314. The fourth-order valence-electron chi connectivity index (χ4n) is 3.41. The summed E-state index contributed by atoms with van der Waals surface area (Å²) in [7, 11) is 0. The lowest BCUT2D eigenvalue weighted by Crippen LogP contribution is -2.17. The van der Waals surface area contributed by atoms with Gasteiger partial charge in [0.05, 0.1) is 11.1 Å². The highest BCUT2D eigenvalue weighted by Gasteiger charge is 2.25. The zero-order valence-electron chi connectivity index (χ0n) is 15.0. The van der Waals surface area contributed by atoms with Gasteiger partial charge in [-0.1, -0.05) is 18.1 Å². The molecule has 1 aliphatic carbocycles. The van der Waals surface area contributed by atoms with Gasteiger partial charge in [-0.3, -0.25) is 14.9 Å². The predicted molar refractivity (Wildman–Crippen MR) is 97.6 cm³/mol. The molecule has 134 valence electrons. The Balaban J connectivity index is 1.70. The van der Waals surface area contributed by atoms with Gasteiger partial charge in [0.2, 0.25) is 5.88 Å². The van der Waals surface area contributed by atoms with Crippen LogP contribution in [-0.2, 0) is 12.8 Å². The van der Waals surface area contributed by atoms with Crippen molar-refractivity contribution >= 4 is 22.8 Å². The number of aryl methyl sites for hydroxylation is 3. The maximum atomic E-state index is 12.6. The number of anilines is 1. The van der Waals surface area contributed by atoms with E-state index in [4.69, 9.17) is 8.94 Å². The molecular weight excluding hydrogens is 332 g/mol. The highest BCUT2D eigenvalue weighted by molar-refractivity contribution is 6.02. The van der Waals surface area contributed by atoms with Gasteiger partial charge in [-0.15, -0.1) is 0 Å². The fourth-order valence-corrected chi connectivity index (χ4v) is 3.41.